The van der Waals surface area contributed by atoms with Gasteiger partial charge in [-0.15, -0.1) is 0 Å². The summed E-state index contributed by atoms with van der Waals surface area (Å²) >= 11 is 3.49. The molecule has 0 fully saturated rings. The molecule has 3 aromatic carbocycles. The first-order chi connectivity index (χ1) is 13.8. The summed E-state index contributed by atoms with van der Waals surface area (Å²) in [4.78, 5) is 9.67. The Morgan fingerprint density at radius 1 is 0.643 bits per heavy atom. The zero-order valence-electron chi connectivity index (χ0n) is 14.9. The summed E-state index contributed by atoms with van der Waals surface area (Å²) in [7, 11) is 0. The summed E-state index contributed by atoms with van der Waals surface area (Å²) in [6.45, 7) is 0. The number of benzene rings is 3. The van der Waals surface area contributed by atoms with Gasteiger partial charge in [0.15, 0.2) is 0 Å². The third-order valence-electron chi connectivity index (χ3n) is 4.70. The maximum absolute atomic E-state index is 4.86. The lowest BCUT2D eigenvalue weighted by Crippen LogP contribution is -1.96. The highest BCUT2D eigenvalue weighted by Gasteiger charge is 2.09. The summed E-state index contributed by atoms with van der Waals surface area (Å²) in [5.74, 6) is 0. The molecule has 0 unspecified atom stereocenters. The molecule has 28 heavy (non-hydrogen) atoms. The van der Waals surface area contributed by atoms with Crippen LogP contribution in [0, 0.1) is 0 Å². The van der Waals surface area contributed by atoms with Crippen LogP contribution in [-0.4, -0.2) is 9.97 Å². The van der Waals surface area contributed by atoms with Crippen molar-refractivity contribution in [2.75, 3.05) is 5.32 Å². The van der Waals surface area contributed by atoms with Crippen LogP contribution in [0.2, 0.25) is 0 Å². The third-order valence-corrected chi connectivity index (χ3v) is 5.23. The number of hydrogen-bond acceptors (Lipinski definition) is 3. The molecule has 0 amide bonds. The Kier molecular flexibility index (Phi) is 4.26. The van der Waals surface area contributed by atoms with Gasteiger partial charge in [0.2, 0.25) is 0 Å². The third kappa shape index (κ3) is 3.23. The number of rotatable bonds is 3. The minimum Gasteiger partial charge on any atom is -0.355 e. The molecular weight excluding hydrogens is 410 g/mol. The Morgan fingerprint density at radius 3 is 2.21 bits per heavy atom. The molecule has 2 heterocycles. The molecule has 0 bridgehead atoms. The van der Waals surface area contributed by atoms with E-state index in [9.17, 15) is 0 Å². The van der Waals surface area contributed by atoms with Gasteiger partial charge in [-0.2, -0.15) is 0 Å². The van der Waals surface area contributed by atoms with E-state index >= 15 is 0 Å². The van der Waals surface area contributed by atoms with Crippen LogP contribution >= 0.6 is 15.9 Å². The van der Waals surface area contributed by atoms with Crippen LogP contribution < -0.4 is 5.32 Å². The van der Waals surface area contributed by atoms with E-state index < -0.39 is 0 Å². The van der Waals surface area contributed by atoms with Crippen molar-refractivity contribution in [3.8, 4) is 11.4 Å². The van der Waals surface area contributed by atoms with Crippen molar-refractivity contribution in [1.29, 1.82) is 0 Å². The lowest BCUT2D eigenvalue weighted by Gasteiger charge is -2.12. The predicted molar refractivity (Wildman–Crippen MR) is 120 cm³/mol. The van der Waals surface area contributed by atoms with E-state index in [0.29, 0.717) is 0 Å². The van der Waals surface area contributed by atoms with Crippen LogP contribution in [0.4, 0.5) is 11.4 Å². The maximum atomic E-state index is 4.86. The van der Waals surface area contributed by atoms with Crippen LogP contribution in [0.25, 0.3) is 33.2 Å². The van der Waals surface area contributed by atoms with E-state index in [1.54, 1.807) is 0 Å². The first kappa shape index (κ1) is 16.9. The average molecular weight is 426 g/mol. The van der Waals surface area contributed by atoms with Crippen molar-refractivity contribution in [2.45, 2.75) is 0 Å². The highest BCUT2D eigenvalue weighted by molar-refractivity contribution is 9.10. The Balaban J connectivity index is 1.65. The largest absolute Gasteiger partial charge is 0.355 e. The lowest BCUT2D eigenvalue weighted by molar-refractivity contribution is 1.32. The second-order valence-electron chi connectivity index (χ2n) is 6.59. The molecule has 4 heteroatoms. The average Bonchev–Trinajstić information content (AvgIpc) is 2.75. The fourth-order valence-electron chi connectivity index (χ4n) is 3.31. The van der Waals surface area contributed by atoms with Gasteiger partial charge in [0, 0.05) is 20.9 Å². The highest BCUT2D eigenvalue weighted by atomic mass is 79.9. The van der Waals surface area contributed by atoms with Gasteiger partial charge in [-0.1, -0.05) is 58.4 Å². The van der Waals surface area contributed by atoms with Crippen molar-refractivity contribution < 1.29 is 0 Å². The summed E-state index contributed by atoms with van der Waals surface area (Å²) in [6, 6.07) is 30.6. The minimum absolute atomic E-state index is 0.851. The van der Waals surface area contributed by atoms with Gasteiger partial charge >= 0.3 is 0 Å². The van der Waals surface area contributed by atoms with Crippen molar-refractivity contribution in [3.05, 3.63) is 95.5 Å². The fourth-order valence-corrected chi connectivity index (χ4v) is 3.57. The lowest BCUT2D eigenvalue weighted by atomic mass is 10.1. The number of hydrogen-bond donors (Lipinski definition) is 1. The van der Waals surface area contributed by atoms with Gasteiger partial charge in [0.05, 0.1) is 28.1 Å². The van der Waals surface area contributed by atoms with Crippen molar-refractivity contribution >= 4 is 49.1 Å². The van der Waals surface area contributed by atoms with Crippen LogP contribution in [0.15, 0.2) is 95.5 Å². The molecule has 5 aromatic rings. The molecule has 0 aliphatic carbocycles. The number of nitrogens with one attached hydrogen (secondary N) is 1. The number of anilines is 2. The van der Waals surface area contributed by atoms with Crippen molar-refractivity contribution in [1.82, 2.24) is 9.97 Å². The Hall–Kier alpha value is -3.24. The second kappa shape index (κ2) is 7.06. The van der Waals surface area contributed by atoms with E-state index in [4.69, 9.17) is 9.97 Å². The maximum Gasteiger partial charge on any atom is 0.0914 e. The number of pyridine rings is 2. The molecule has 0 saturated carbocycles. The summed E-state index contributed by atoms with van der Waals surface area (Å²) in [5, 5.41) is 5.74. The number of fused-ring (bicyclic) bond motifs is 2. The molecule has 1 N–H and O–H groups in total. The minimum atomic E-state index is 0.851. The van der Waals surface area contributed by atoms with Crippen molar-refractivity contribution in [2.24, 2.45) is 0 Å². The molecular formula is C24H16BrN3. The zero-order chi connectivity index (χ0) is 18.9. The van der Waals surface area contributed by atoms with Gasteiger partial charge in [0.25, 0.3) is 0 Å². The first-order valence-electron chi connectivity index (χ1n) is 9.05. The molecule has 0 atom stereocenters. The monoisotopic (exact) mass is 425 g/mol. The number of para-hydroxylation sites is 2. The van der Waals surface area contributed by atoms with Crippen molar-refractivity contribution in [3.63, 3.8) is 0 Å². The standard InChI is InChI=1S/C24H16BrN3/c25-17-10-12-18(13-11-17)26-23-15-24(28-21-8-4-2-6-19(21)23)22-14-9-16-5-1-3-7-20(16)27-22/h1-15H,(H,26,28). The summed E-state index contributed by atoms with van der Waals surface area (Å²) in [6.07, 6.45) is 0. The van der Waals surface area contributed by atoms with Crippen LogP contribution in [0.1, 0.15) is 0 Å². The summed E-state index contributed by atoms with van der Waals surface area (Å²) < 4.78 is 1.05. The Bertz CT molecular complexity index is 1300. The molecule has 0 spiro atoms. The molecule has 2 aromatic heterocycles. The topological polar surface area (TPSA) is 37.8 Å². The van der Waals surface area contributed by atoms with E-state index in [1.165, 1.54) is 0 Å². The SMILES string of the molecule is Brc1ccc(Nc2cc(-c3ccc4ccccc4n3)nc3ccccc23)cc1. The van der Waals surface area contributed by atoms with Gasteiger partial charge in [-0.25, -0.2) is 9.97 Å². The highest BCUT2D eigenvalue weighted by Crippen LogP contribution is 2.31. The van der Waals surface area contributed by atoms with E-state index in [1.807, 2.05) is 66.7 Å². The van der Waals surface area contributed by atoms with Crippen LogP contribution in [-0.2, 0) is 0 Å². The molecule has 5 rings (SSSR count). The van der Waals surface area contributed by atoms with E-state index in [2.05, 4.69) is 45.5 Å². The second-order valence-corrected chi connectivity index (χ2v) is 7.51. The van der Waals surface area contributed by atoms with Crippen LogP contribution in [0.5, 0.6) is 0 Å². The van der Waals surface area contributed by atoms with Gasteiger partial charge in [-0.3, -0.25) is 0 Å². The zero-order valence-corrected chi connectivity index (χ0v) is 16.5. The molecule has 0 saturated heterocycles. The van der Waals surface area contributed by atoms with Gasteiger partial charge < -0.3 is 5.32 Å². The summed E-state index contributed by atoms with van der Waals surface area (Å²) in [5.41, 5.74) is 5.66. The van der Waals surface area contributed by atoms with Gasteiger partial charge in [0.1, 0.15) is 0 Å². The number of halogens is 1. The normalized spacial score (nSPS) is 11.0. The number of aromatic nitrogens is 2. The fraction of sp³-hybridized carbons (Fsp3) is 0. The Morgan fingerprint density at radius 2 is 1.36 bits per heavy atom. The van der Waals surface area contributed by atoms with Gasteiger partial charge in [-0.05, 0) is 48.5 Å². The first-order valence-corrected chi connectivity index (χ1v) is 9.84. The molecule has 0 aliphatic rings. The molecule has 0 aliphatic heterocycles. The number of nitrogens with zero attached hydrogens (tertiary/aromatic N) is 2. The molecule has 0 radical (unpaired) electrons. The Labute approximate surface area is 171 Å². The van der Waals surface area contributed by atoms with E-state index in [-0.39, 0.29) is 0 Å². The smallest absolute Gasteiger partial charge is 0.0914 e. The van der Waals surface area contributed by atoms with E-state index in [0.717, 1.165) is 49.0 Å². The predicted octanol–water partition coefficient (Wildman–Crippen LogP) is 6.96. The quantitative estimate of drug-likeness (QED) is 0.339. The molecule has 134 valence electrons. The van der Waals surface area contributed by atoms with Crippen LogP contribution in [0.3, 0.4) is 0 Å². The molecule has 3 nitrogen and oxygen atoms in total.